The molecular formula is C11H15NO5S2. The molecule has 0 aliphatic carbocycles. The van der Waals surface area contributed by atoms with Crippen LogP contribution in [-0.4, -0.2) is 37.7 Å². The summed E-state index contributed by atoms with van der Waals surface area (Å²) in [6.45, 7) is 3.35. The molecule has 6 nitrogen and oxygen atoms in total. The van der Waals surface area contributed by atoms with Crippen LogP contribution in [0.4, 0.5) is 0 Å². The van der Waals surface area contributed by atoms with E-state index in [4.69, 9.17) is 5.11 Å². The highest BCUT2D eigenvalue weighted by atomic mass is 32.2. The summed E-state index contributed by atoms with van der Waals surface area (Å²) >= 11 is 0.966. The Morgan fingerprint density at radius 1 is 1.37 bits per heavy atom. The molecule has 0 saturated carbocycles. The van der Waals surface area contributed by atoms with Gasteiger partial charge in [-0.15, -0.1) is 11.3 Å². The molecule has 0 fully saturated rings. The number of carboxylic acid groups (broad SMARTS) is 1. The van der Waals surface area contributed by atoms with Gasteiger partial charge in [-0.1, -0.05) is 13.8 Å². The number of nitrogens with one attached hydrogen (secondary N) is 1. The molecule has 0 bridgehead atoms. The molecule has 19 heavy (non-hydrogen) atoms. The lowest BCUT2D eigenvalue weighted by Crippen LogP contribution is -2.44. The Labute approximate surface area is 115 Å². The van der Waals surface area contributed by atoms with Crippen molar-refractivity contribution in [3.05, 3.63) is 16.3 Å². The number of thiophene rings is 1. The second kappa shape index (κ2) is 5.70. The molecule has 0 aliphatic heterocycles. The van der Waals surface area contributed by atoms with Crippen molar-refractivity contribution in [3.63, 3.8) is 0 Å². The summed E-state index contributed by atoms with van der Waals surface area (Å²) in [5.74, 6) is -1.97. The maximum atomic E-state index is 11.8. The number of hydrogen-bond acceptors (Lipinski definition) is 5. The fourth-order valence-electron chi connectivity index (χ4n) is 1.36. The van der Waals surface area contributed by atoms with Gasteiger partial charge in [-0.2, -0.15) is 0 Å². The van der Waals surface area contributed by atoms with Crippen molar-refractivity contribution in [1.29, 1.82) is 0 Å². The van der Waals surface area contributed by atoms with E-state index in [0.717, 1.165) is 17.6 Å². The molecule has 1 rings (SSSR count). The van der Waals surface area contributed by atoms with Crippen LogP contribution in [0.5, 0.6) is 0 Å². The largest absolute Gasteiger partial charge is 0.480 e. The molecular weight excluding hydrogens is 290 g/mol. The molecule has 1 heterocycles. The Morgan fingerprint density at radius 2 is 1.95 bits per heavy atom. The number of aliphatic carboxylic acids is 1. The molecule has 2 N–H and O–H groups in total. The van der Waals surface area contributed by atoms with Gasteiger partial charge in [0.15, 0.2) is 9.84 Å². The number of carboxylic acids is 1. The summed E-state index contributed by atoms with van der Waals surface area (Å²) in [6, 6.07) is 0.241. The molecule has 1 amide bonds. The Hall–Kier alpha value is -1.41. The number of amides is 1. The third-order valence-electron chi connectivity index (χ3n) is 2.45. The van der Waals surface area contributed by atoms with Crippen molar-refractivity contribution in [2.24, 2.45) is 5.92 Å². The van der Waals surface area contributed by atoms with Gasteiger partial charge in [0.1, 0.15) is 6.04 Å². The van der Waals surface area contributed by atoms with Gasteiger partial charge in [0, 0.05) is 11.6 Å². The molecule has 1 aromatic rings. The van der Waals surface area contributed by atoms with Crippen LogP contribution in [0.1, 0.15) is 23.5 Å². The van der Waals surface area contributed by atoms with Crippen molar-refractivity contribution < 1.29 is 23.1 Å². The highest BCUT2D eigenvalue weighted by Crippen LogP contribution is 2.19. The quantitative estimate of drug-likeness (QED) is 0.845. The van der Waals surface area contributed by atoms with E-state index in [2.05, 4.69) is 5.32 Å². The molecule has 0 spiro atoms. The van der Waals surface area contributed by atoms with Crippen molar-refractivity contribution in [3.8, 4) is 0 Å². The highest BCUT2D eigenvalue weighted by Gasteiger charge is 2.25. The van der Waals surface area contributed by atoms with Gasteiger partial charge in [0.2, 0.25) is 0 Å². The minimum absolute atomic E-state index is 0.0547. The Morgan fingerprint density at radius 3 is 2.32 bits per heavy atom. The number of rotatable bonds is 5. The van der Waals surface area contributed by atoms with Crippen LogP contribution in [-0.2, 0) is 14.6 Å². The van der Waals surface area contributed by atoms with E-state index in [1.54, 1.807) is 13.8 Å². The van der Waals surface area contributed by atoms with Crippen LogP contribution in [0.2, 0.25) is 0 Å². The average molecular weight is 305 g/mol. The summed E-state index contributed by atoms with van der Waals surface area (Å²) < 4.78 is 22.6. The van der Waals surface area contributed by atoms with Crippen LogP contribution >= 0.6 is 11.3 Å². The Balaban J connectivity index is 2.90. The maximum Gasteiger partial charge on any atom is 0.326 e. The number of hydrogen-bond donors (Lipinski definition) is 2. The summed E-state index contributed by atoms with van der Waals surface area (Å²) in [5, 5.41) is 12.7. The lowest BCUT2D eigenvalue weighted by atomic mass is 10.0. The normalized spacial score (nSPS) is 13.3. The van der Waals surface area contributed by atoms with Crippen LogP contribution in [0.15, 0.2) is 16.3 Å². The van der Waals surface area contributed by atoms with Gasteiger partial charge in [-0.25, -0.2) is 13.2 Å². The number of carbonyl (C=O) groups excluding carboxylic acids is 1. The number of sulfone groups is 1. The van der Waals surface area contributed by atoms with Gasteiger partial charge in [-0.05, 0) is 12.0 Å². The van der Waals surface area contributed by atoms with Crippen molar-refractivity contribution in [1.82, 2.24) is 5.32 Å². The molecule has 0 unspecified atom stereocenters. The highest BCUT2D eigenvalue weighted by molar-refractivity contribution is 7.90. The van der Waals surface area contributed by atoms with E-state index in [1.807, 2.05) is 0 Å². The molecule has 0 saturated heterocycles. The minimum atomic E-state index is -3.36. The second-order valence-corrected chi connectivity index (χ2v) is 7.38. The topological polar surface area (TPSA) is 101 Å². The fraction of sp³-hybridized carbons (Fsp3) is 0.455. The van der Waals surface area contributed by atoms with Crippen molar-refractivity contribution >= 4 is 33.1 Å². The van der Waals surface area contributed by atoms with E-state index in [-0.39, 0.29) is 15.7 Å². The first-order chi connectivity index (χ1) is 8.62. The molecule has 0 aromatic carbocycles. The lowest BCUT2D eigenvalue weighted by molar-refractivity contribution is -0.140. The first kappa shape index (κ1) is 15.6. The van der Waals surface area contributed by atoms with E-state index in [1.165, 1.54) is 11.4 Å². The molecule has 8 heteroatoms. The first-order valence-corrected chi connectivity index (χ1v) is 8.22. The zero-order chi connectivity index (χ0) is 14.8. The number of carbonyl (C=O) groups is 2. The molecule has 106 valence electrons. The van der Waals surface area contributed by atoms with Gasteiger partial charge in [0.05, 0.1) is 9.77 Å². The second-order valence-electron chi connectivity index (χ2n) is 4.45. The van der Waals surface area contributed by atoms with Crippen LogP contribution in [0.3, 0.4) is 0 Å². The average Bonchev–Trinajstić information content (AvgIpc) is 2.73. The van der Waals surface area contributed by atoms with Crippen LogP contribution in [0, 0.1) is 5.92 Å². The van der Waals surface area contributed by atoms with Crippen molar-refractivity contribution in [2.45, 2.75) is 24.8 Å². The molecule has 1 aromatic heterocycles. The van der Waals surface area contributed by atoms with E-state index >= 15 is 0 Å². The summed E-state index contributed by atoms with van der Waals surface area (Å²) in [4.78, 5) is 23.0. The zero-order valence-electron chi connectivity index (χ0n) is 10.7. The Bertz CT molecular complexity index is 588. The van der Waals surface area contributed by atoms with Gasteiger partial charge < -0.3 is 10.4 Å². The SMILES string of the molecule is CC(C)[C@H](NC(=O)c1cc(S(C)(=O)=O)cs1)C(=O)O. The lowest BCUT2D eigenvalue weighted by Gasteiger charge is -2.17. The van der Waals surface area contributed by atoms with Gasteiger partial charge >= 0.3 is 5.97 Å². The smallest absolute Gasteiger partial charge is 0.326 e. The predicted octanol–water partition coefficient (Wildman–Crippen LogP) is 0.991. The van der Waals surface area contributed by atoms with Crippen molar-refractivity contribution in [2.75, 3.05) is 6.26 Å². The summed E-state index contributed by atoms with van der Waals surface area (Å²) in [5.41, 5.74) is 0. The fourth-order valence-corrected chi connectivity index (χ4v) is 3.28. The monoisotopic (exact) mass is 305 g/mol. The molecule has 0 aliphatic rings. The standard InChI is InChI=1S/C11H15NO5S2/c1-6(2)9(11(14)15)12-10(13)8-4-7(5-18-8)19(3,16)17/h4-6,9H,1-3H3,(H,12,13)(H,14,15)/t9-/m0/s1. The third-order valence-corrected chi connectivity index (χ3v) is 4.62. The van der Waals surface area contributed by atoms with Crippen LogP contribution in [0.25, 0.3) is 0 Å². The maximum absolute atomic E-state index is 11.8. The Kier molecular flexibility index (Phi) is 4.70. The van der Waals surface area contributed by atoms with Gasteiger partial charge in [0.25, 0.3) is 5.91 Å². The summed E-state index contributed by atoms with van der Waals surface area (Å²) in [6.07, 6.45) is 1.05. The summed E-state index contributed by atoms with van der Waals surface area (Å²) in [7, 11) is -3.36. The zero-order valence-corrected chi connectivity index (χ0v) is 12.3. The minimum Gasteiger partial charge on any atom is -0.480 e. The third kappa shape index (κ3) is 4.03. The van der Waals surface area contributed by atoms with E-state index in [0.29, 0.717) is 0 Å². The van der Waals surface area contributed by atoms with Gasteiger partial charge in [-0.3, -0.25) is 4.79 Å². The first-order valence-electron chi connectivity index (χ1n) is 5.45. The van der Waals surface area contributed by atoms with E-state index in [9.17, 15) is 18.0 Å². The molecule has 0 radical (unpaired) electrons. The van der Waals surface area contributed by atoms with Crippen LogP contribution < -0.4 is 5.32 Å². The molecule has 1 atom stereocenters. The predicted molar refractivity (Wildman–Crippen MR) is 71.2 cm³/mol. The van der Waals surface area contributed by atoms with E-state index < -0.39 is 27.8 Å².